The van der Waals surface area contributed by atoms with Crippen molar-refractivity contribution in [3.8, 4) is 0 Å². The van der Waals surface area contributed by atoms with Gasteiger partial charge in [0.05, 0.1) is 5.41 Å². The molecule has 0 amide bonds. The van der Waals surface area contributed by atoms with Crippen LogP contribution in [-0.4, -0.2) is 30.6 Å². The van der Waals surface area contributed by atoms with E-state index in [-0.39, 0.29) is 23.8 Å². The molecule has 0 aliphatic heterocycles. The van der Waals surface area contributed by atoms with Gasteiger partial charge < -0.3 is 4.90 Å². The summed E-state index contributed by atoms with van der Waals surface area (Å²) in [5.41, 5.74) is 0.827. The van der Waals surface area contributed by atoms with E-state index in [4.69, 9.17) is 0 Å². The zero-order chi connectivity index (χ0) is 16.5. The van der Waals surface area contributed by atoms with Gasteiger partial charge >= 0.3 is 0 Å². The van der Waals surface area contributed by atoms with E-state index < -0.39 is 5.41 Å². The molecule has 0 radical (unpaired) electrons. The molecule has 0 unspecified atom stereocenters. The van der Waals surface area contributed by atoms with E-state index in [1.165, 1.54) is 6.07 Å². The van der Waals surface area contributed by atoms with E-state index in [1.54, 1.807) is 37.1 Å². The molecule has 0 spiro atoms. The molecule has 0 bridgehead atoms. The number of rotatable bonds is 4. The Balaban J connectivity index is 2.60. The first-order valence-corrected chi connectivity index (χ1v) is 7.51. The molecule has 1 aromatic rings. The normalized spacial score (nSPS) is 23.1. The van der Waals surface area contributed by atoms with Crippen LogP contribution in [0.25, 0.3) is 0 Å². The van der Waals surface area contributed by atoms with Crippen LogP contribution in [-0.2, 0) is 15.0 Å². The number of hydrogen-bond donors (Lipinski definition) is 0. The smallest absolute Gasteiger partial charge is 0.161 e. The number of ketones is 2. The summed E-state index contributed by atoms with van der Waals surface area (Å²) < 4.78 is 14.0. The maximum Gasteiger partial charge on any atom is 0.161 e. The van der Waals surface area contributed by atoms with Crippen LogP contribution in [0.4, 0.5) is 4.39 Å². The van der Waals surface area contributed by atoms with Gasteiger partial charge in [-0.3, -0.25) is 9.59 Å². The third kappa shape index (κ3) is 2.70. The standard InChI is InChI=1S/C18H22FNO2/c1-5-17(22)18(14-7-6-8-15(19)12(14)2)9-13(11-20(3)4)16(21)10-18/h6-8,11H,5,9-10H2,1-4H3/b13-11+/t18-/m1/s1. The number of carbonyl (C=O) groups excluding carboxylic acids is 2. The molecule has 0 aromatic heterocycles. The molecule has 3 nitrogen and oxygen atoms in total. The number of benzene rings is 1. The second kappa shape index (κ2) is 6.03. The van der Waals surface area contributed by atoms with Gasteiger partial charge in [-0.1, -0.05) is 19.1 Å². The van der Waals surface area contributed by atoms with Gasteiger partial charge in [0.2, 0.25) is 0 Å². The third-order valence-electron chi connectivity index (χ3n) is 4.36. The molecule has 118 valence electrons. The lowest BCUT2D eigenvalue weighted by Gasteiger charge is -2.28. The van der Waals surface area contributed by atoms with E-state index in [9.17, 15) is 14.0 Å². The van der Waals surface area contributed by atoms with Gasteiger partial charge in [-0.25, -0.2) is 4.39 Å². The molecule has 1 aliphatic rings. The van der Waals surface area contributed by atoms with Gasteiger partial charge in [0.15, 0.2) is 5.78 Å². The van der Waals surface area contributed by atoms with Crippen molar-refractivity contribution in [3.63, 3.8) is 0 Å². The van der Waals surface area contributed by atoms with E-state index >= 15 is 0 Å². The number of Topliss-reactive ketones (excluding diaryl/α,β-unsaturated/α-hetero) is 2. The highest BCUT2D eigenvalue weighted by Crippen LogP contribution is 2.45. The Kier molecular flexibility index (Phi) is 4.50. The predicted molar refractivity (Wildman–Crippen MR) is 84.1 cm³/mol. The molecular formula is C18H22FNO2. The Bertz CT molecular complexity index is 648. The number of nitrogens with zero attached hydrogens (tertiary/aromatic N) is 1. The highest BCUT2D eigenvalue weighted by Gasteiger charge is 2.48. The molecule has 1 aromatic carbocycles. The summed E-state index contributed by atoms with van der Waals surface area (Å²) in [4.78, 5) is 26.8. The number of halogens is 1. The first-order chi connectivity index (χ1) is 10.3. The summed E-state index contributed by atoms with van der Waals surface area (Å²) in [6.07, 6.45) is 2.57. The van der Waals surface area contributed by atoms with Crippen LogP contribution >= 0.6 is 0 Å². The molecule has 0 saturated heterocycles. The number of carbonyl (C=O) groups is 2. The quantitative estimate of drug-likeness (QED) is 0.802. The number of allylic oxidation sites excluding steroid dienone is 1. The van der Waals surface area contributed by atoms with Crippen LogP contribution in [0.2, 0.25) is 0 Å². The van der Waals surface area contributed by atoms with E-state index in [2.05, 4.69) is 0 Å². The summed E-state index contributed by atoms with van der Waals surface area (Å²) in [6.45, 7) is 3.46. The summed E-state index contributed by atoms with van der Waals surface area (Å²) >= 11 is 0. The van der Waals surface area contributed by atoms with Crippen LogP contribution in [0.1, 0.15) is 37.3 Å². The Morgan fingerprint density at radius 3 is 2.64 bits per heavy atom. The summed E-state index contributed by atoms with van der Waals surface area (Å²) in [5.74, 6) is -0.367. The van der Waals surface area contributed by atoms with Gasteiger partial charge in [-0.2, -0.15) is 0 Å². The zero-order valence-corrected chi connectivity index (χ0v) is 13.6. The molecule has 0 heterocycles. The first kappa shape index (κ1) is 16.4. The minimum atomic E-state index is -0.917. The van der Waals surface area contributed by atoms with Crippen LogP contribution in [0, 0.1) is 12.7 Å². The fraction of sp³-hybridized carbons (Fsp3) is 0.444. The van der Waals surface area contributed by atoms with Crippen molar-refractivity contribution in [1.29, 1.82) is 0 Å². The first-order valence-electron chi connectivity index (χ1n) is 7.51. The minimum absolute atomic E-state index is 0.00305. The average Bonchev–Trinajstić information content (AvgIpc) is 2.78. The van der Waals surface area contributed by atoms with Gasteiger partial charge in [0.1, 0.15) is 11.6 Å². The topological polar surface area (TPSA) is 37.4 Å². The summed E-state index contributed by atoms with van der Waals surface area (Å²) in [6, 6.07) is 4.77. The Morgan fingerprint density at radius 2 is 2.05 bits per heavy atom. The van der Waals surface area contributed by atoms with Crippen LogP contribution < -0.4 is 0 Å². The molecule has 1 fully saturated rings. The second-order valence-corrected chi connectivity index (χ2v) is 6.17. The van der Waals surface area contributed by atoms with Crippen molar-refractivity contribution in [1.82, 2.24) is 4.90 Å². The zero-order valence-electron chi connectivity index (χ0n) is 13.6. The summed E-state index contributed by atoms with van der Waals surface area (Å²) in [5, 5.41) is 0. The van der Waals surface area contributed by atoms with Crippen LogP contribution in [0.5, 0.6) is 0 Å². The molecule has 1 atom stereocenters. The van der Waals surface area contributed by atoms with Crippen LogP contribution in [0.3, 0.4) is 0 Å². The maximum absolute atomic E-state index is 14.0. The Hall–Kier alpha value is -1.97. The lowest BCUT2D eigenvalue weighted by atomic mass is 9.72. The van der Waals surface area contributed by atoms with Crippen molar-refractivity contribution >= 4 is 11.6 Å². The molecule has 4 heteroatoms. The maximum atomic E-state index is 14.0. The highest BCUT2D eigenvalue weighted by molar-refractivity contribution is 6.07. The van der Waals surface area contributed by atoms with Crippen molar-refractivity contribution in [2.45, 2.75) is 38.5 Å². The molecule has 1 saturated carbocycles. The largest absolute Gasteiger partial charge is 0.383 e. The SMILES string of the molecule is CCC(=O)[C@@]1(c2cccc(F)c2C)CC(=O)/C(=C/N(C)C)C1. The lowest BCUT2D eigenvalue weighted by molar-refractivity contribution is -0.126. The van der Waals surface area contributed by atoms with Gasteiger partial charge in [-0.15, -0.1) is 0 Å². The minimum Gasteiger partial charge on any atom is -0.383 e. The Morgan fingerprint density at radius 1 is 1.36 bits per heavy atom. The fourth-order valence-corrected chi connectivity index (χ4v) is 3.31. The van der Waals surface area contributed by atoms with Gasteiger partial charge in [-0.05, 0) is 30.5 Å². The predicted octanol–water partition coefficient (Wildman–Crippen LogP) is 3.16. The van der Waals surface area contributed by atoms with Gasteiger partial charge in [0.25, 0.3) is 0 Å². The van der Waals surface area contributed by atoms with Gasteiger partial charge in [0, 0.05) is 38.7 Å². The third-order valence-corrected chi connectivity index (χ3v) is 4.36. The monoisotopic (exact) mass is 303 g/mol. The van der Waals surface area contributed by atoms with Crippen molar-refractivity contribution in [2.75, 3.05) is 14.1 Å². The van der Waals surface area contributed by atoms with E-state index in [1.807, 2.05) is 14.1 Å². The number of hydrogen-bond acceptors (Lipinski definition) is 3. The molecule has 2 rings (SSSR count). The van der Waals surface area contributed by atoms with Crippen molar-refractivity contribution in [2.24, 2.45) is 0 Å². The lowest BCUT2D eigenvalue weighted by Crippen LogP contribution is -2.34. The van der Waals surface area contributed by atoms with E-state index in [0.29, 0.717) is 29.5 Å². The second-order valence-electron chi connectivity index (χ2n) is 6.17. The molecule has 0 N–H and O–H groups in total. The van der Waals surface area contributed by atoms with E-state index in [0.717, 1.165) is 0 Å². The fourth-order valence-electron chi connectivity index (χ4n) is 3.31. The molecular weight excluding hydrogens is 281 g/mol. The molecule has 1 aliphatic carbocycles. The van der Waals surface area contributed by atoms with Crippen molar-refractivity contribution in [3.05, 3.63) is 46.9 Å². The highest BCUT2D eigenvalue weighted by atomic mass is 19.1. The Labute approximate surface area is 130 Å². The van der Waals surface area contributed by atoms with Crippen molar-refractivity contribution < 1.29 is 14.0 Å². The average molecular weight is 303 g/mol. The van der Waals surface area contributed by atoms with Crippen LogP contribution in [0.15, 0.2) is 30.0 Å². The molecule has 22 heavy (non-hydrogen) atoms. The summed E-state index contributed by atoms with van der Waals surface area (Å²) in [7, 11) is 3.69.